The lowest BCUT2D eigenvalue weighted by molar-refractivity contribution is 1.08. The molecule has 2 heterocycles. The van der Waals surface area contributed by atoms with E-state index in [4.69, 9.17) is 5.26 Å². The van der Waals surface area contributed by atoms with Crippen molar-refractivity contribution in [2.24, 2.45) is 0 Å². The quantitative estimate of drug-likeness (QED) is 0.892. The first kappa shape index (κ1) is 12.1. The van der Waals surface area contributed by atoms with Gasteiger partial charge in [0.15, 0.2) is 0 Å². The van der Waals surface area contributed by atoms with Crippen LogP contribution in [0.3, 0.4) is 0 Å². The van der Waals surface area contributed by atoms with Gasteiger partial charge in [-0.05, 0) is 37.6 Å². The maximum absolute atomic E-state index is 9.15. The van der Waals surface area contributed by atoms with Crippen molar-refractivity contribution in [3.05, 3.63) is 53.1 Å². The van der Waals surface area contributed by atoms with Crippen LogP contribution in [0.4, 0.5) is 5.69 Å². The second-order valence-corrected chi connectivity index (χ2v) is 4.09. The van der Waals surface area contributed by atoms with Crippen LogP contribution in [-0.4, -0.2) is 9.97 Å². The molecule has 4 heteroatoms. The Labute approximate surface area is 106 Å². The fraction of sp³-hybridized carbons (Fsp3) is 0.214. The second-order valence-electron chi connectivity index (χ2n) is 4.09. The first-order valence-corrected chi connectivity index (χ1v) is 5.72. The molecule has 0 saturated heterocycles. The summed E-state index contributed by atoms with van der Waals surface area (Å²) in [6.07, 6.45) is 3.51. The number of nitriles is 1. The Morgan fingerprint density at radius 1 is 1.28 bits per heavy atom. The lowest BCUT2D eigenvalue weighted by Crippen LogP contribution is -2.04. The van der Waals surface area contributed by atoms with Crippen LogP contribution in [0.5, 0.6) is 0 Å². The van der Waals surface area contributed by atoms with Crippen molar-refractivity contribution >= 4 is 5.69 Å². The molecule has 90 valence electrons. The Hall–Kier alpha value is -2.41. The standard InChI is InChI=1S/C14H14N4/c1-10-7-14(13(8-15)11(2)18-10)17-9-12-3-5-16-6-4-12/h3-7H,9H2,1-2H3,(H,17,18). The summed E-state index contributed by atoms with van der Waals surface area (Å²) < 4.78 is 0. The molecule has 2 aromatic rings. The average molecular weight is 238 g/mol. The summed E-state index contributed by atoms with van der Waals surface area (Å²) in [5.41, 5.74) is 4.23. The summed E-state index contributed by atoms with van der Waals surface area (Å²) >= 11 is 0. The molecule has 0 bridgehead atoms. The van der Waals surface area contributed by atoms with Crippen molar-refractivity contribution in [3.8, 4) is 6.07 Å². The number of anilines is 1. The van der Waals surface area contributed by atoms with E-state index in [1.165, 1.54) is 0 Å². The monoisotopic (exact) mass is 238 g/mol. The largest absolute Gasteiger partial charge is 0.380 e. The number of rotatable bonds is 3. The molecular weight excluding hydrogens is 224 g/mol. The van der Waals surface area contributed by atoms with Crippen molar-refractivity contribution in [2.75, 3.05) is 5.32 Å². The fourth-order valence-corrected chi connectivity index (χ4v) is 1.81. The topological polar surface area (TPSA) is 61.6 Å². The molecule has 0 spiro atoms. The first-order chi connectivity index (χ1) is 8.70. The molecule has 0 aliphatic rings. The summed E-state index contributed by atoms with van der Waals surface area (Å²) in [6.45, 7) is 4.44. The van der Waals surface area contributed by atoms with Crippen LogP contribution < -0.4 is 5.32 Å². The lowest BCUT2D eigenvalue weighted by Gasteiger charge is -2.10. The molecule has 0 unspecified atom stereocenters. The normalized spacial score (nSPS) is 9.83. The zero-order valence-electron chi connectivity index (χ0n) is 10.4. The van der Waals surface area contributed by atoms with Gasteiger partial charge in [0.05, 0.1) is 16.9 Å². The predicted octanol–water partition coefficient (Wildman–Crippen LogP) is 2.58. The molecule has 2 aromatic heterocycles. The van der Waals surface area contributed by atoms with Crippen LogP contribution >= 0.6 is 0 Å². The average Bonchev–Trinajstić information content (AvgIpc) is 2.37. The van der Waals surface area contributed by atoms with E-state index in [9.17, 15) is 0 Å². The number of aryl methyl sites for hydroxylation is 2. The molecule has 4 nitrogen and oxygen atoms in total. The zero-order chi connectivity index (χ0) is 13.0. The molecule has 0 saturated carbocycles. The van der Waals surface area contributed by atoms with Crippen molar-refractivity contribution in [3.63, 3.8) is 0 Å². The molecule has 1 N–H and O–H groups in total. The van der Waals surface area contributed by atoms with Crippen molar-refractivity contribution in [1.29, 1.82) is 5.26 Å². The summed E-state index contributed by atoms with van der Waals surface area (Å²) in [7, 11) is 0. The number of hydrogen-bond acceptors (Lipinski definition) is 4. The van der Waals surface area contributed by atoms with E-state index in [0.29, 0.717) is 12.1 Å². The van der Waals surface area contributed by atoms with E-state index in [1.54, 1.807) is 12.4 Å². The number of aromatic nitrogens is 2. The van der Waals surface area contributed by atoms with Crippen molar-refractivity contribution in [1.82, 2.24) is 9.97 Å². The van der Waals surface area contributed by atoms with Crippen LogP contribution in [0, 0.1) is 25.2 Å². The Morgan fingerprint density at radius 2 is 2.00 bits per heavy atom. The van der Waals surface area contributed by atoms with Gasteiger partial charge >= 0.3 is 0 Å². The highest BCUT2D eigenvalue weighted by atomic mass is 14.9. The van der Waals surface area contributed by atoms with Gasteiger partial charge in [-0.2, -0.15) is 5.26 Å². The minimum absolute atomic E-state index is 0.606. The maximum atomic E-state index is 9.15. The van der Waals surface area contributed by atoms with Gasteiger partial charge in [-0.25, -0.2) is 0 Å². The van der Waals surface area contributed by atoms with Crippen molar-refractivity contribution < 1.29 is 0 Å². The summed E-state index contributed by atoms with van der Waals surface area (Å²) in [6, 6.07) is 7.97. The van der Waals surface area contributed by atoms with Crippen LogP contribution in [-0.2, 0) is 6.54 Å². The SMILES string of the molecule is Cc1cc(NCc2ccncc2)c(C#N)c(C)n1. The van der Waals surface area contributed by atoms with Gasteiger partial charge in [-0.15, -0.1) is 0 Å². The van der Waals surface area contributed by atoms with E-state index in [-0.39, 0.29) is 0 Å². The number of pyridine rings is 2. The highest BCUT2D eigenvalue weighted by Gasteiger charge is 2.07. The maximum Gasteiger partial charge on any atom is 0.103 e. The molecule has 0 aliphatic carbocycles. The molecular formula is C14H14N4. The molecule has 18 heavy (non-hydrogen) atoms. The van der Waals surface area contributed by atoms with Crippen LogP contribution in [0.25, 0.3) is 0 Å². The van der Waals surface area contributed by atoms with Gasteiger partial charge in [0.25, 0.3) is 0 Å². The second kappa shape index (κ2) is 5.28. The third kappa shape index (κ3) is 2.64. The van der Waals surface area contributed by atoms with Gasteiger partial charge in [0.2, 0.25) is 0 Å². The molecule has 2 rings (SSSR count). The molecule has 0 fully saturated rings. The number of hydrogen-bond donors (Lipinski definition) is 1. The number of nitrogens with zero attached hydrogens (tertiary/aromatic N) is 3. The summed E-state index contributed by atoms with van der Waals surface area (Å²) in [4.78, 5) is 8.26. The molecule has 0 atom stereocenters. The molecule has 0 aliphatic heterocycles. The Balaban J connectivity index is 2.22. The van der Waals surface area contributed by atoms with Gasteiger partial charge in [0, 0.05) is 24.6 Å². The minimum Gasteiger partial charge on any atom is -0.380 e. The highest BCUT2D eigenvalue weighted by molar-refractivity contribution is 5.59. The lowest BCUT2D eigenvalue weighted by atomic mass is 10.1. The van der Waals surface area contributed by atoms with Crippen molar-refractivity contribution in [2.45, 2.75) is 20.4 Å². The van der Waals surface area contributed by atoms with E-state index < -0.39 is 0 Å². The Kier molecular flexibility index (Phi) is 3.54. The molecule has 0 aromatic carbocycles. The zero-order valence-corrected chi connectivity index (χ0v) is 10.4. The van der Waals surface area contributed by atoms with E-state index in [2.05, 4.69) is 21.4 Å². The molecule has 0 amide bonds. The summed E-state index contributed by atoms with van der Waals surface area (Å²) in [5, 5.41) is 12.4. The molecule has 0 radical (unpaired) electrons. The van der Waals surface area contributed by atoms with E-state index in [0.717, 1.165) is 22.6 Å². The first-order valence-electron chi connectivity index (χ1n) is 5.72. The van der Waals surface area contributed by atoms with Crippen LogP contribution in [0.1, 0.15) is 22.5 Å². The smallest absolute Gasteiger partial charge is 0.103 e. The van der Waals surface area contributed by atoms with Gasteiger partial charge in [-0.3, -0.25) is 9.97 Å². The Morgan fingerprint density at radius 3 is 2.67 bits per heavy atom. The third-order valence-corrected chi connectivity index (χ3v) is 2.67. The summed E-state index contributed by atoms with van der Waals surface area (Å²) in [5.74, 6) is 0. The third-order valence-electron chi connectivity index (χ3n) is 2.67. The van der Waals surface area contributed by atoms with E-state index in [1.807, 2.05) is 32.0 Å². The van der Waals surface area contributed by atoms with Gasteiger partial charge in [-0.1, -0.05) is 0 Å². The van der Waals surface area contributed by atoms with Crippen LogP contribution in [0.15, 0.2) is 30.6 Å². The highest BCUT2D eigenvalue weighted by Crippen LogP contribution is 2.19. The van der Waals surface area contributed by atoms with Gasteiger partial charge in [0.1, 0.15) is 6.07 Å². The van der Waals surface area contributed by atoms with Gasteiger partial charge < -0.3 is 5.32 Å². The predicted molar refractivity (Wildman–Crippen MR) is 70.0 cm³/mol. The van der Waals surface area contributed by atoms with E-state index >= 15 is 0 Å². The number of nitrogens with one attached hydrogen (secondary N) is 1. The van der Waals surface area contributed by atoms with Crippen LogP contribution in [0.2, 0.25) is 0 Å². The Bertz CT molecular complexity index is 585. The minimum atomic E-state index is 0.606. The fourth-order valence-electron chi connectivity index (χ4n) is 1.81.